The number of halogens is 1. The van der Waals surface area contributed by atoms with Gasteiger partial charge < -0.3 is 4.74 Å². The molecule has 3 aromatic carbocycles. The molecule has 26 heavy (non-hydrogen) atoms. The Labute approximate surface area is 155 Å². The van der Waals surface area contributed by atoms with E-state index in [4.69, 9.17) is 16.3 Å². The molecule has 0 bridgehead atoms. The topological polar surface area (TPSA) is 46.6 Å². The van der Waals surface area contributed by atoms with Gasteiger partial charge in [-0.15, -0.1) is 0 Å². The van der Waals surface area contributed by atoms with Gasteiger partial charge in [0.2, 0.25) is 0 Å². The van der Waals surface area contributed by atoms with Crippen LogP contribution >= 0.6 is 11.6 Å². The van der Waals surface area contributed by atoms with E-state index in [1.807, 2.05) is 19.1 Å². The second-order valence-electron chi connectivity index (χ2n) is 6.04. The molecule has 4 rings (SSSR count). The molecular weight excluding hydrogens is 350 g/mol. The number of carbonyl (C=O) groups is 2. The van der Waals surface area contributed by atoms with Crippen molar-refractivity contribution in [2.75, 3.05) is 4.90 Å². The van der Waals surface area contributed by atoms with E-state index in [0.29, 0.717) is 33.3 Å². The van der Waals surface area contributed by atoms with Crippen LogP contribution in [0.4, 0.5) is 5.69 Å². The van der Waals surface area contributed by atoms with Gasteiger partial charge in [0.05, 0.1) is 16.8 Å². The molecule has 1 aliphatic heterocycles. The normalized spacial score (nSPS) is 13.1. The standard InChI is InChI=1S/C21H14ClNO3/c1-13-2-6-15(7-3-13)23-20(24)18-11-10-17(12-19(18)21(23)25)26-16-8-4-14(22)5-9-16/h2-12H,1H3. The van der Waals surface area contributed by atoms with Gasteiger partial charge in [-0.1, -0.05) is 29.3 Å². The minimum Gasteiger partial charge on any atom is -0.457 e. The largest absolute Gasteiger partial charge is 0.457 e. The van der Waals surface area contributed by atoms with Crippen molar-refractivity contribution in [3.8, 4) is 11.5 Å². The van der Waals surface area contributed by atoms with E-state index in [1.54, 1.807) is 54.6 Å². The number of nitrogens with zero attached hydrogens (tertiary/aromatic N) is 1. The lowest BCUT2D eigenvalue weighted by Gasteiger charge is -2.13. The van der Waals surface area contributed by atoms with Crippen LogP contribution in [-0.2, 0) is 0 Å². The number of hydrogen-bond acceptors (Lipinski definition) is 3. The fourth-order valence-corrected chi connectivity index (χ4v) is 2.98. The predicted molar refractivity (Wildman–Crippen MR) is 100 cm³/mol. The first-order chi connectivity index (χ1) is 12.5. The molecule has 3 aromatic rings. The number of amides is 2. The molecule has 0 aromatic heterocycles. The molecule has 5 heteroatoms. The number of anilines is 1. The van der Waals surface area contributed by atoms with E-state index in [1.165, 1.54) is 4.90 Å². The maximum Gasteiger partial charge on any atom is 0.266 e. The fraction of sp³-hybridized carbons (Fsp3) is 0.0476. The van der Waals surface area contributed by atoms with Gasteiger partial charge in [-0.3, -0.25) is 9.59 Å². The van der Waals surface area contributed by atoms with Gasteiger partial charge >= 0.3 is 0 Å². The molecule has 0 atom stereocenters. The van der Waals surface area contributed by atoms with E-state index in [2.05, 4.69) is 0 Å². The third kappa shape index (κ3) is 2.85. The van der Waals surface area contributed by atoms with Crippen molar-refractivity contribution in [3.05, 3.63) is 88.4 Å². The van der Waals surface area contributed by atoms with Crippen LogP contribution in [0.1, 0.15) is 26.3 Å². The van der Waals surface area contributed by atoms with Crippen molar-refractivity contribution in [1.82, 2.24) is 0 Å². The second-order valence-corrected chi connectivity index (χ2v) is 6.48. The van der Waals surface area contributed by atoms with Crippen molar-refractivity contribution in [2.45, 2.75) is 6.92 Å². The molecule has 0 saturated carbocycles. The average molecular weight is 364 g/mol. The zero-order valence-electron chi connectivity index (χ0n) is 13.9. The molecule has 0 N–H and O–H groups in total. The zero-order chi connectivity index (χ0) is 18.3. The highest BCUT2D eigenvalue weighted by atomic mass is 35.5. The minimum atomic E-state index is -0.351. The summed E-state index contributed by atoms with van der Waals surface area (Å²) < 4.78 is 5.76. The highest BCUT2D eigenvalue weighted by molar-refractivity contribution is 6.34. The van der Waals surface area contributed by atoms with Gasteiger partial charge in [0.25, 0.3) is 11.8 Å². The number of aryl methyl sites for hydroxylation is 1. The van der Waals surface area contributed by atoms with Gasteiger partial charge in [0, 0.05) is 5.02 Å². The number of rotatable bonds is 3. The van der Waals surface area contributed by atoms with Crippen LogP contribution in [0.25, 0.3) is 0 Å². The first-order valence-electron chi connectivity index (χ1n) is 8.06. The summed E-state index contributed by atoms with van der Waals surface area (Å²) in [4.78, 5) is 26.6. The Balaban J connectivity index is 1.65. The van der Waals surface area contributed by atoms with Crippen molar-refractivity contribution < 1.29 is 14.3 Å². The van der Waals surface area contributed by atoms with Crippen molar-refractivity contribution in [3.63, 3.8) is 0 Å². The van der Waals surface area contributed by atoms with E-state index >= 15 is 0 Å². The quantitative estimate of drug-likeness (QED) is 0.598. The average Bonchev–Trinajstić information content (AvgIpc) is 2.89. The van der Waals surface area contributed by atoms with Crippen molar-refractivity contribution in [1.29, 1.82) is 0 Å². The summed E-state index contributed by atoms with van der Waals surface area (Å²) in [6, 6.07) is 19.1. The Morgan fingerprint density at radius 1 is 0.769 bits per heavy atom. The molecule has 0 saturated heterocycles. The molecule has 0 fully saturated rings. The molecule has 1 aliphatic rings. The summed E-state index contributed by atoms with van der Waals surface area (Å²) >= 11 is 5.87. The van der Waals surface area contributed by atoms with Crippen LogP contribution in [0.5, 0.6) is 11.5 Å². The lowest BCUT2D eigenvalue weighted by Crippen LogP contribution is -2.29. The van der Waals surface area contributed by atoms with Crippen LogP contribution in [-0.4, -0.2) is 11.8 Å². The summed E-state index contributed by atoms with van der Waals surface area (Å²) in [5, 5.41) is 0.612. The monoisotopic (exact) mass is 363 g/mol. The summed E-state index contributed by atoms with van der Waals surface area (Å²) in [5.41, 5.74) is 2.33. The van der Waals surface area contributed by atoms with Gasteiger partial charge in [0.1, 0.15) is 11.5 Å². The highest BCUT2D eigenvalue weighted by Gasteiger charge is 2.36. The van der Waals surface area contributed by atoms with E-state index in [-0.39, 0.29) is 11.8 Å². The summed E-state index contributed by atoms with van der Waals surface area (Å²) in [6.07, 6.45) is 0. The molecular formula is C21H14ClNO3. The van der Waals surface area contributed by atoms with E-state index < -0.39 is 0 Å². The maximum atomic E-state index is 12.8. The van der Waals surface area contributed by atoms with Crippen molar-refractivity contribution >= 4 is 29.1 Å². The van der Waals surface area contributed by atoms with Crippen LogP contribution in [0.2, 0.25) is 5.02 Å². The summed E-state index contributed by atoms with van der Waals surface area (Å²) in [6.45, 7) is 1.95. The van der Waals surface area contributed by atoms with Gasteiger partial charge in [0.15, 0.2) is 0 Å². The number of benzene rings is 3. The predicted octanol–water partition coefficient (Wildman–Crippen LogP) is 5.24. The van der Waals surface area contributed by atoms with Crippen LogP contribution in [0.15, 0.2) is 66.7 Å². The van der Waals surface area contributed by atoms with Crippen LogP contribution in [0, 0.1) is 6.92 Å². The number of imide groups is 1. The minimum absolute atomic E-state index is 0.327. The number of carbonyl (C=O) groups excluding carboxylic acids is 2. The first-order valence-corrected chi connectivity index (χ1v) is 8.44. The Morgan fingerprint density at radius 2 is 1.38 bits per heavy atom. The highest BCUT2D eigenvalue weighted by Crippen LogP contribution is 2.32. The molecule has 128 valence electrons. The number of hydrogen-bond donors (Lipinski definition) is 0. The smallest absolute Gasteiger partial charge is 0.266 e. The lowest BCUT2D eigenvalue weighted by atomic mass is 10.1. The zero-order valence-corrected chi connectivity index (χ0v) is 14.7. The van der Waals surface area contributed by atoms with Crippen molar-refractivity contribution in [2.24, 2.45) is 0 Å². The number of fused-ring (bicyclic) bond motifs is 1. The first kappa shape index (κ1) is 16.4. The van der Waals surface area contributed by atoms with Crippen LogP contribution < -0.4 is 9.64 Å². The second kappa shape index (κ2) is 6.32. The fourth-order valence-electron chi connectivity index (χ4n) is 2.85. The third-order valence-electron chi connectivity index (χ3n) is 4.20. The molecule has 0 spiro atoms. The maximum absolute atomic E-state index is 12.8. The molecule has 4 nitrogen and oxygen atoms in total. The Kier molecular flexibility index (Phi) is 3.98. The van der Waals surface area contributed by atoms with Gasteiger partial charge in [-0.05, 0) is 61.5 Å². The SMILES string of the molecule is Cc1ccc(N2C(=O)c3ccc(Oc4ccc(Cl)cc4)cc3C2=O)cc1. The Hall–Kier alpha value is -3.11. The molecule has 0 unspecified atom stereocenters. The van der Waals surface area contributed by atoms with Gasteiger partial charge in [-0.2, -0.15) is 0 Å². The molecule has 0 radical (unpaired) electrons. The summed E-state index contributed by atoms with van der Waals surface area (Å²) in [7, 11) is 0. The molecule has 1 heterocycles. The Morgan fingerprint density at radius 3 is 2.08 bits per heavy atom. The lowest BCUT2D eigenvalue weighted by molar-refractivity contribution is 0.0926. The molecule has 2 amide bonds. The van der Waals surface area contributed by atoms with E-state index in [9.17, 15) is 9.59 Å². The van der Waals surface area contributed by atoms with Crippen LogP contribution in [0.3, 0.4) is 0 Å². The summed E-state index contributed by atoms with van der Waals surface area (Å²) in [5.74, 6) is 0.404. The number of ether oxygens (including phenoxy) is 1. The Bertz CT molecular complexity index is 1010. The third-order valence-corrected chi connectivity index (χ3v) is 4.45. The van der Waals surface area contributed by atoms with Gasteiger partial charge in [-0.25, -0.2) is 4.90 Å². The van der Waals surface area contributed by atoms with E-state index in [0.717, 1.165) is 5.56 Å². The molecule has 0 aliphatic carbocycles.